The van der Waals surface area contributed by atoms with Gasteiger partial charge in [0.15, 0.2) is 0 Å². The molecule has 6 rings (SSSR count). The fourth-order valence-corrected chi connectivity index (χ4v) is 13.4. The molecule has 0 radical (unpaired) electrons. The van der Waals surface area contributed by atoms with Crippen LogP contribution in [-0.4, -0.2) is 75.2 Å². The molecule has 0 aromatic heterocycles. The van der Waals surface area contributed by atoms with Gasteiger partial charge in [0.05, 0.1) is 36.3 Å². The first-order valence-electron chi connectivity index (χ1n) is 20.7. The standard InChI is InChI=1S/C31H42O4Si.C15H24O4/c1-23-21-25(34-29(23)19-18-26-22-24(2)30(32)35-26)13-12-20-33-36(31(3,4)5,27-14-8-6-9-15-27)28-16-10-7-11-17-28;1-10-8-12(4-3-7-16)18-14(10)6-5-13-9-11(2)15(17)19-13/h6-11,14-17,24-26,29H,1,12-13,18-22H2,2-5H3;11-14,16H,1,3-9H2,2H3/t24-,25+,26-,29?;11-,12+,13-,14?/m11/s1. The van der Waals surface area contributed by atoms with Gasteiger partial charge in [-0.05, 0) is 104 Å². The van der Waals surface area contributed by atoms with Gasteiger partial charge in [-0.1, -0.05) is 108 Å². The van der Waals surface area contributed by atoms with E-state index in [0.717, 1.165) is 82.6 Å². The molecule has 302 valence electrons. The number of benzene rings is 2. The van der Waals surface area contributed by atoms with Crippen LogP contribution in [0.15, 0.2) is 85.0 Å². The lowest BCUT2D eigenvalue weighted by atomic mass is 9.99. The minimum absolute atomic E-state index is 0.0138. The van der Waals surface area contributed by atoms with E-state index in [0.29, 0.717) is 6.61 Å². The lowest BCUT2D eigenvalue weighted by molar-refractivity contribution is -0.145. The number of esters is 2. The molecule has 0 amide bonds. The van der Waals surface area contributed by atoms with Crippen LogP contribution in [0.4, 0.5) is 0 Å². The summed E-state index contributed by atoms with van der Waals surface area (Å²) in [6, 6.07) is 21.6. The molecule has 55 heavy (non-hydrogen) atoms. The molecular weight excluding hydrogens is 709 g/mol. The number of carbonyl (C=O) groups is 2. The molecule has 4 saturated heterocycles. The lowest BCUT2D eigenvalue weighted by Crippen LogP contribution is -2.66. The molecule has 2 aromatic carbocycles. The van der Waals surface area contributed by atoms with Crippen molar-refractivity contribution in [1.82, 2.24) is 0 Å². The second-order valence-electron chi connectivity index (χ2n) is 17.3. The van der Waals surface area contributed by atoms with Gasteiger partial charge in [-0.2, -0.15) is 0 Å². The van der Waals surface area contributed by atoms with Gasteiger partial charge in [-0.15, -0.1) is 0 Å². The Labute approximate surface area is 331 Å². The van der Waals surface area contributed by atoms with Crippen LogP contribution >= 0.6 is 0 Å². The summed E-state index contributed by atoms with van der Waals surface area (Å²) in [4.78, 5) is 23.0. The first kappa shape index (κ1) is 43.0. The average Bonchev–Trinajstić information content (AvgIpc) is 3.90. The van der Waals surface area contributed by atoms with E-state index >= 15 is 0 Å². The molecule has 1 N–H and O–H groups in total. The van der Waals surface area contributed by atoms with E-state index in [4.69, 9.17) is 28.5 Å². The van der Waals surface area contributed by atoms with Crippen molar-refractivity contribution in [2.75, 3.05) is 13.2 Å². The van der Waals surface area contributed by atoms with E-state index in [-0.39, 0.29) is 72.0 Å². The summed E-state index contributed by atoms with van der Waals surface area (Å²) in [5.41, 5.74) is 2.31. The van der Waals surface area contributed by atoms with Crippen molar-refractivity contribution in [3.63, 3.8) is 0 Å². The Morgan fingerprint density at radius 3 is 1.49 bits per heavy atom. The largest absolute Gasteiger partial charge is 0.462 e. The van der Waals surface area contributed by atoms with Crippen molar-refractivity contribution in [2.45, 2.75) is 153 Å². The Bertz CT molecular complexity index is 1520. The minimum atomic E-state index is -2.49. The van der Waals surface area contributed by atoms with E-state index in [1.54, 1.807) is 0 Å². The molecule has 4 aliphatic rings. The van der Waals surface area contributed by atoms with Gasteiger partial charge in [-0.3, -0.25) is 9.59 Å². The first-order valence-corrected chi connectivity index (χ1v) is 22.6. The summed E-state index contributed by atoms with van der Waals surface area (Å²) >= 11 is 0. The van der Waals surface area contributed by atoms with Crippen LogP contribution in [0.5, 0.6) is 0 Å². The van der Waals surface area contributed by atoms with Crippen LogP contribution in [0.3, 0.4) is 0 Å². The normalized spacial score (nSPS) is 28.3. The summed E-state index contributed by atoms with van der Waals surface area (Å²) in [5, 5.41) is 11.4. The van der Waals surface area contributed by atoms with Crippen LogP contribution in [0.25, 0.3) is 0 Å². The number of rotatable bonds is 16. The predicted molar refractivity (Wildman–Crippen MR) is 220 cm³/mol. The SMILES string of the molecule is C=C1C[C@H](CCCO)OC1CC[C@@H]1C[C@@H](C)C(=O)O1.C=C1C[C@H](CCCO[Si](c2ccccc2)(c2ccccc2)C(C)(C)C)OC1CC[C@@H]1C[C@@H](C)C(=O)O1. The van der Waals surface area contributed by atoms with Crippen LogP contribution < -0.4 is 10.4 Å². The van der Waals surface area contributed by atoms with Crippen molar-refractivity contribution in [1.29, 1.82) is 0 Å². The second-order valence-corrected chi connectivity index (χ2v) is 21.6. The zero-order valence-electron chi connectivity index (χ0n) is 34.0. The van der Waals surface area contributed by atoms with Crippen molar-refractivity contribution in [3.05, 3.63) is 85.0 Å². The quantitative estimate of drug-likeness (QED) is 0.0794. The molecule has 9 heteroatoms. The molecule has 2 aromatic rings. The summed E-state index contributed by atoms with van der Waals surface area (Å²) in [5.74, 6) is -0.0806. The van der Waals surface area contributed by atoms with Gasteiger partial charge in [0.25, 0.3) is 8.32 Å². The summed E-state index contributed by atoms with van der Waals surface area (Å²) in [6.45, 7) is 20.1. The summed E-state index contributed by atoms with van der Waals surface area (Å²) in [7, 11) is -2.49. The third kappa shape index (κ3) is 11.3. The topological polar surface area (TPSA) is 101 Å². The van der Waals surface area contributed by atoms with E-state index in [1.165, 1.54) is 15.9 Å². The number of hydrogen-bond donors (Lipinski definition) is 1. The number of aliphatic hydroxyl groups excluding tert-OH is 1. The molecule has 4 aliphatic heterocycles. The van der Waals surface area contributed by atoms with Crippen molar-refractivity contribution < 1.29 is 38.1 Å². The molecule has 0 bridgehead atoms. The fourth-order valence-electron chi connectivity index (χ4n) is 8.77. The third-order valence-corrected chi connectivity index (χ3v) is 16.8. The molecule has 0 spiro atoms. The van der Waals surface area contributed by atoms with Crippen LogP contribution in [-0.2, 0) is 33.0 Å². The highest BCUT2D eigenvalue weighted by molar-refractivity contribution is 6.99. The van der Waals surface area contributed by atoms with E-state index < -0.39 is 8.32 Å². The van der Waals surface area contributed by atoms with Crippen molar-refractivity contribution in [2.24, 2.45) is 11.8 Å². The predicted octanol–water partition coefficient (Wildman–Crippen LogP) is 7.99. The highest BCUT2D eigenvalue weighted by Gasteiger charge is 2.50. The molecular formula is C46H66O8Si. The highest BCUT2D eigenvalue weighted by atomic mass is 28.4. The Morgan fingerprint density at radius 1 is 0.673 bits per heavy atom. The summed E-state index contributed by atoms with van der Waals surface area (Å²) in [6.07, 6.45) is 11.1. The van der Waals surface area contributed by atoms with Gasteiger partial charge in [0.1, 0.15) is 12.2 Å². The van der Waals surface area contributed by atoms with Crippen molar-refractivity contribution in [3.8, 4) is 0 Å². The van der Waals surface area contributed by atoms with Crippen LogP contribution in [0.2, 0.25) is 5.04 Å². The zero-order chi connectivity index (χ0) is 39.6. The summed E-state index contributed by atoms with van der Waals surface area (Å²) < 4.78 is 30.1. The Kier molecular flexibility index (Phi) is 15.5. The Morgan fingerprint density at radius 2 is 1.11 bits per heavy atom. The highest BCUT2D eigenvalue weighted by Crippen LogP contribution is 2.38. The maximum Gasteiger partial charge on any atom is 0.309 e. The fraction of sp³-hybridized carbons (Fsp3) is 0.609. The maximum absolute atomic E-state index is 11.7. The zero-order valence-corrected chi connectivity index (χ0v) is 35.0. The van der Waals surface area contributed by atoms with Gasteiger partial charge < -0.3 is 28.5 Å². The second kappa shape index (κ2) is 19.9. The minimum Gasteiger partial charge on any atom is -0.462 e. The number of hydrogen-bond acceptors (Lipinski definition) is 8. The third-order valence-electron chi connectivity index (χ3n) is 11.8. The van der Waals surface area contributed by atoms with Crippen LogP contribution in [0.1, 0.15) is 112 Å². The van der Waals surface area contributed by atoms with E-state index in [1.807, 2.05) is 13.8 Å². The molecule has 4 fully saturated rings. The molecule has 2 unspecified atom stereocenters. The molecule has 4 heterocycles. The number of ether oxygens (including phenoxy) is 4. The van der Waals surface area contributed by atoms with Gasteiger partial charge in [0, 0.05) is 13.2 Å². The maximum atomic E-state index is 11.7. The van der Waals surface area contributed by atoms with Crippen molar-refractivity contribution >= 4 is 30.6 Å². The number of carbonyl (C=O) groups excluding carboxylic acids is 2. The lowest BCUT2D eigenvalue weighted by Gasteiger charge is -2.43. The van der Waals surface area contributed by atoms with Crippen LogP contribution in [0, 0.1) is 11.8 Å². The van der Waals surface area contributed by atoms with E-state index in [9.17, 15) is 9.59 Å². The number of aliphatic hydroxyl groups is 1. The number of cyclic esters (lactones) is 2. The molecule has 8 nitrogen and oxygen atoms in total. The molecule has 0 saturated carbocycles. The first-order chi connectivity index (χ1) is 26.3. The molecule has 0 aliphatic carbocycles. The van der Waals surface area contributed by atoms with E-state index in [2.05, 4.69) is 94.6 Å². The van der Waals surface area contributed by atoms with Gasteiger partial charge in [0.2, 0.25) is 0 Å². The Balaban J connectivity index is 0.000000256. The van der Waals surface area contributed by atoms with Gasteiger partial charge in [-0.25, -0.2) is 0 Å². The molecule has 8 atom stereocenters. The smallest absolute Gasteiger partial charge is 0.309 e. The Hall–Kier alpha value is -3.08. The average molecular weight is 775 g/mol. The van der Waals surface area contributed by atoms with Gasteiger partial charge >= 0.3 is 11.9 Å². The monoisotopic (exact) mass is 774 g/mol.